The topological polar surface area (TPSA) is 38.7 Å². The third kappa shape index (κ3) is 2.78. The van der Waals surface area contributed by atoms with Crippen molar-refractivity contribution in [2.45, 2.75) is 31.6 Å². The number of aromatic hydroxyl groups is 1. The van der Waals surface area contributed by atoms with Gasteiger partial charge in [-0.3, -0.25) is 0 Å². The molecular formula is C22H24O3. The molecule has 130 valence electrons. The van der Waals surface area contributed by atoms with Gasteiger partial charge in [0.15, 0.2) is 0 Å². The van der Waals surface area contributed by atoms with E-state index >= 15 is 0 Å². The van der Waals surface area contributed by atoms with Crippen molar-refractivity contribution in [2.75, 3.05) is 14.2 Å². The third-order valence-corrected chi connectivity index (χ3v) is 5.69. The molecule has 1 fully saturated rings. The first-order valence-electron chi connectivity index (χ1n) is 8.98. The summed E-state index contributed by atoms with van der Waals surface area (Å²) < 4.78 is 10.7. The molecule has 2 aromatic rings. The van der Waals surface area contributed by atoms with Crippen LogP contribution in [0.3, 0.4) is 0 Å². The number of ether oxygens (including phenoxy) is 2. The first-order valence-corrected chi connectivity index (χ1v) is 8.98. The largest absolute Gasteiger partial charge is 0.507 e. The highest BCUT2D eigenvalue weighted by Gasteiger charge is 2.35. The number of hydrogen-bond donors (Lipinski definition) is 1. The lowest BCUT2D eigenvalue weighted by Crippen LogP contribution is -2.23. The van der Waals surface area contributed by atoms with Crippen molar-refractivity contribution in [3.8, 4) is 17.2 Å². The van der Waals surface area contributed by atoms with Gasteiger partial charge < -0.3 is 14.6 Å². The summed E-state index contributed by atoms with van der Waals surface area (Å²) in [4.78, 5) is 0. The molecule has 0 aliphatic heterocycles. The maximum Gasteiger partial charge on any atom is 0.126 e. The molecule has 0 amide bonds. The van der Waals surface area contributed by atoms with Crippen molar-refractivity contribution in [2.24, 2.45) is 5.92 Å². The first-order chi connectivity index (χ1) is 12.2. The van der Waals surface area contributed by atoms with Crippen molar-refractivity contribution >= 4 is 11.6 Å². The number of allylic oxidation sites excluding steroid dienone is 1. The Kier molecular flexibility index (Phi) is 4.16. The van der Waals surface area contributed by atoms with E-state index in [0.717, 1.165) is 23.5 Å². The average Bonchev–Trinajstić information content (AvgIpc) is 2.67. The van der Waals surface area contributed by atoms with E-state index in [9.17, 15) is 5.11 Å². The molecule has 2 aromatic carbocycles. The second-order valence-electron chi connectivity index (χ2n) is 6.98. The van der Waals surface area contributed by atoms with Crippen LogP contribution in [0.5, 0.6) is 17.2 Å². The molecule has 2 aliphatic rings. The molecule has 1 saturated carbocycles. The Labute approximate surface area is 148 Å². The van der Waals surface area contributed by atoms with Gasteiger partial charge in [0.25, 0.3) is 0 Å². The monoisotopic (exact) mass is 336 g/mol. The second kappa shape index (κ2) is 6.47. The molecule has 1 N–H and O–H groups in total. The van der Waals surface area contributed by atoms with Crippen LogP contribution in [-0.2, 0) is 0 Å². The summed E-state index contributed by atoms with van der Waals surface area (Å²) in [6.07, 6.45) is 7.05. The second-order valence-corrected chi connectivity index (χ2v) is 6.98. The Hall–Kier alpha value is -2.42. The predicted octanol–water partition coefficient (Wildman–Crippen LogP) is 5.24. The number of methoxy groups -OCH3 is 2. The molecule has 0 heterocycles. The van der Waals surface area contributed by atoms with E-state index in [0.29, 0.717) is 17.6 Å². The Balaban J connectivity index is 1.85. The van der Waals surface area contributed by atoms with Crippen LogP contribution in [0.25, 0.3) is 11.6 Å². The number of hydrogen-bond acceptors (Lipinski definition) is 3. The average molecular weight is 336 g/mol. The van der Waals surface area contributed by atoms with Gasteiger partial charge in [0.2, 0.25) is 0 Å². The zero-order valence-electron chi connectivity index (χ0n) is 14.8. The number of fused-ring (bicyclic) bond motifs is 3. The smallest absolute Gasteiger partial charge is 0.126 e. The highest BCUT2D eigenvalue weighted by molar-refractivity contribution is 5.88. The molecule has 25 heavy (non-hydrogen) atoms. The lowest BCUT2D eigenvalue weighted by Gasteiger charge is -2.38. The molecule has 0 bridgehead atoms. The Morgan fingerprint density at radius 1 is 0.880 bits per heavy atom. The van der Waals surface area contributed by atoms with Crippen LogP contribution in [0.2, 0.25) is 0 Å². The van der Waals surface area contributed by atoms with E-state index in [1.54, 1.807) is 20.3 Å². The fraction of sp³-hybridized carbons (Fsp3) is 0.364. The summed E-state index contributed by atoms with van der Waals surface area (Å²) >= 11 is 0. The summed E-state index contributed by atoms with van der Waals surface area (Å²) in [6.45, 7) is 0. The van der Waals surface area contributed by atoms with Gasteiger partial charge in [-0.1, -0.05) is 25.0 Å². The highest BCUT2D eigenvalue weighted by Crippen LogP contribution is 2.52. The SMILES string of the molecule is COc1ccc(C2=Cc3c(O)cc(OC)cc3[C@@H]3CCCC[C@H]23)cc1. The molecule has 0 unspecified atom stereocenters. The number of phenolic OH excluding ortho intramolecular Hbond substituents is 1. The molecule has 2 atom stereocenters. The lowest BCUT2D eigenvalue weighted by atomic mass is 9.66. The van der Waals surface area contributed by atoms with Gasteiger partial charge in [-0.2, -0.15) is 0 Å². The van der Waals surface area contributed by atoms with Gasteiger partial charge in [0, 0.05) is 11.6 Å². The van der Waals surface area contributed by atoms with Gasteiger partial charge in [0.05, 0.1) is 14.2 Å². The Morgan fingerprint density at radius 2 is 1.56 bits per heavy atom. The molecule has 4 rings (SSSR count). The third-order valence-electron chi connectivity index (χ3n) is 5.69. The van der Waals surface area contributed by atoms with Crippen LogP contribution in [0, 0.1) is 5.92 Å². The van der Waals surface area contributed by atoms with Crippen LogP contribution in [0.4, 0.5) is 0 Å². The minimum absolute atomic E-state index is 0.310. The van der Waals surface area contributed by atoms with E-state index in [4.69, 9.17) is 9.47 Å². The fourth-order valence-electron chi connectivity index (χ4n) is 4.43. The zero-order valence-corrected chi connectivity index (χ0v) is 14.8. The minimum atomic E-state index is 0.310. The Bertz CT molecular complexity index is 805. The van der Waals surface area contributed by atoms with Crippen molar-refractivity contribution in [3.05, 3.63) is 53.1 Å². The van der Waals surface area contributed by atoms with E-state index in [1.807, 2.05) is 12.1 Å². The van der Waals surface area contributed by atoms with Crippen molar-refractivity contribution in [3.63, 3.8) is 0 Å². The number of rotatable bonds is 3. The van der Waals surface area contributed by atoms with Gasteiger partial charge in [-0.15, -0.1) is 0 Å². The van der Waals surface area contributed by atoms with Crippen molar-refractivity contribution in [1.29, 1.82) is 0 Å². The summed E-state index contributed by atoms with van der Waals surface area (Å²) in [6, 6.07) is 12.1. The van der Waals surface area contributed by atoms with Gasteiger partial charge in [0.1, 0.15) is 17.2 Å². The molecule has 0 aromatic heterocycles. The van der Waals surface area contributed by atoms with E-state index in [-0.39, 0.29) is 0 Å². The van der Waals surface area contributed by atoms with Crippen LogP contribution in [-0.4, -0.2) is 19.3 Å². The molecular weight excluding hydrogens is 312 g/mol. The van der Waals surface area contributed by atoms with Crippen LogP contribution in [0.1, 0.15) is 48.3 Å². The van der Waals surface area contributed by atoms with Gasteiger partial charge in [-0.05, 0) is 65.7 Å². The fourth-order valence-corrected chi connectivity index (χ4v) is 4.43. The molecule has 0 saturated heterocycles. The van der Waals surface area contributed by atoms with Crippen LogP contribution >= 0.6 is 0 Å². The standard InChI is InChI=1S/C22H24O3/c1-24-15-9-7-14(8-10-15)19-13-21-20(11-16(25-2)12-22(21)23)18-6-4-3-5-17(18)19/h7-13,17-18,23H,3-6H2,1-2H3/t17-,18+/m0/s1. The summed E-state index contributed by atoms with van der Waals surface area (Å²) in [7, 11) is 3.34. The van der Waals surface area contributed by atoms with Gasteiger partial charge >= 0.3 is 0 Å². The molecule has 3 heteroatoms. The molecule has 2 aliphatic carbocycles. The predicted molar refractivity (Wildman–Crippen MR) is 100 cm³/mol. The highest BCUT2D eigenvalue weighted by atomic mass is 16.5. The lowest BCUT2D eigenvalue weighted by molar-refractivity contribution is 0.362. The quantitative estimate of drug-likeness (QED) is 0.833. The minimum Gasteiger partial charge on any atom is -0.507 e. The van der Waals surface area contributed by atoms with Crippen LogP contribution in [0.15, 0.2) is 36.4 Å². The number of phenols is 1. The zero-order chi connectivity index (χ0) is 17.4. The Morgan fingerprint density at radius 3 is 2.24 bits per heavy atom. The molecule has 0 spiro atoms. The molecule has 0 radical (unpaired) electrons. The summed E-state index contributed by atoms with van der Waals surface area (Å²) in [5.41, 5.74) is 4.74. The van der Waals surface area contributed by atoms with E-state index < -0.39 is 0 Å². The maximum atomic E-state index is 10.6. The van der Waals surface area contributed by atoms with Crippen molar-refractivity contribution < 1.29 is 14.6 Å². The molecule has 3 nitrogen and oxygen atoms in total. The maximum absolute atomic E-state index is 10.6. The first kappa shape index (κ1) is 16.1. The van der Waals surface area contributed by atoms with Gasteiger partial charge in [-0.25, -0.2) is 0 Å². The van der Waals surface area contributed by atoms with Crippen LogP contribution < -0.4 is 9.47 Å². The van der Waals surface area contributed by atoms with E-state index in [2.05, 4.69) is 24.3 Å². The number of benzene rings is 2. The summed E-state index contributed by atoms with van der Waals surface area (Å²) in [5.74, 6) is 2.87. The van der Waals surface area contributed by atoms with E-state index in [1.165, 1.54) is 36.0 Å². The van der Waals surface area contributed by atoms with Crippen molar-refractivity contribution in [1.82, 2.24) is 0 Å². The normalized spacial score (nSPS) is 21.8. The summed E-state index contributed by atoms with van der Waals surface area (Å²) in [5, 5.41) is 10.6.